The number of carbonyl (C=O) groups is 2. The van der Waals surface area contributed by atoms with Crippen molar-refractivity contribution in [2.45, 2.75) is 233 Å². The second-order valence-corrected chi connectivity index (χ2v) is 15.5. The molecule has 0 bridgehead atoms. The molecule has 0 radical (unpaired) electrons. The van der Waals surface area contributed by atoms with E-state index >= 15 is 0 Å². The van der Waals surface area contributed by atoms with Crippen LogP contribution in [-0.4, -0.2) is 42.1 Å². The summed E-state index contributed by atoms with van der Waals surface area (Å²) < 4.78 is 5.33. The van der Waals surface area contributed by atoms with Gasteiger partial charge < -0.3 is 15.0 Å². The fraction of sp³-hybridized carbons (Fsp3) is 0.907. The van der Waals surface area contributed by atoms with Crippen molar-refractivity contribution in [1.29, 1.82) is 0 Å². The van der Waals surface area contributed by atoms with Crippen LogP contribution in [0.1, 0.15) is 227 Å². The lowest BCUT2D eigenvalue weighted by Crippen LogP contribution is -2.42. The molecule has 1 N–H and O–H groups in total. The number of alkyl carbamates (subject to hydrolysis) is 1. The molecule has 0 fully saturated rings. The van der Waals surface area contributed by atoms with Crippen LogP contribution in [0.2, 0.25) is 0 Å². The normalized spacial score (nSPS) is 11.8. The molecule has 0 saturated heterocycles. The van der Waals surface area contributed by atoms with Crippen LogP contribution in [0.15, 0.2) is 12.2 Å². The molecule has 0 spiro atoms. The molecule has 0 saturated carbocycles. The molecular weight excluding hydrogens is 592 g/mol. The lowest BCUT2D eigenvalue weighted by atomic mass is 10.0. The van der Waals surface area contributed by atoms with Gasteiger partial charge in [0.2, 0.25) is 5.91 Å². The number of amides is 2. The van der Waals surface area contributed by atoms with Crippen LogP contribution in [0.25, 0.3) is 0 Å². The molecule has 0 atom stereocenters. The van der Waals surface area contributed by atoms with Crippen molar-refractivity contribution < 1.29 is 14.3 Å². The largest absolute Gasteiger partial charge is 0.444 e. The van der Waals surface area contributed by atoms with Gasteiger partial charge in [-0.2, -0.15) is 0 Å². The Morgan fingerprint density at radius 1 is 0.500 bits per heavy atom. The van der Waals surface area contributed by atoms with Crippen molar-refractivity contribution in [3.8, 4) is 0 Å². The summed E-state index contributed by atoms with van der Waals surface area (Å²) in [4.78, 5) is 27.1. The minimum Gasteiger partial charge on any atom is -0.444 e. The van der Waals surface area contributed by atoms with E-state index < -0.39 is 11.7 Å². The first-order chi connectivity index (χ1) is 23.3. The Balaban J connectivity index is 4.09. The van der Waals surface area contributed by atoms with Crippen LogP contribution in [0.3, 0.4) is 0 Å². The maximum absolute atomic E-state index is 13.0. The van der Waals surface area contributed by atoms with Crippen LogP contribution in [-0.2, 0) is 9.53 Å². The van der Waals surface area contributed by atoms with Gasteiger partial charge in [0.1, 0.15) is 12.1 Å². The van der Waals surface area contributed by atoms with Crippen molar-refractivity contribution in [2.75, 3.05) is 19.6 Å². The Morgan fingerprint density at radius 2 is 0.812 bits per heavy atom. The number of hydrogen-bond donors (Lipinski definition) is 1. The van der Waals surface area contributed by atoms with Crippen molar-refractivity contribution >= 4 is 12.0 Å². The third-order valence-electron chi connectivity index (χ3n) is 9.36. The average Bonchev–Trinajstić information content (AvgIpc) is 3.05. The first-order valence-corrected chi connectivity index (χ1v) is 21.2. The summed E-state index contributed by atoms with van der Waals surface area (Å²) in [5.41, 5.74) is -0.565. The molecule has 0 aliphatic heterocycles. The summed E-state index contributed by atoms with van der Waals surface area (Å²) in [5.74, 6) is 0.00886. The van der Waals surface area contributed by atoms with Crippen LogP contribution >= 0.6 is 0 Å². The van der Waals surface area contributed by atoms with Gasteiger partial charge in [-0.05, 0) is 59.3 Å². The van der Waals surface area contributed by atoms with Gasteiger partial charge in [0.25, 0.3) is 0 Å². The molecule has 0 aromatic carbocycles. The summed E-state index contributed by atoms with van der Waals surface area (Å²) in [7, 11) is 0. The number of carbonyl (C=O) groups excluding carboxylic acids is 2. The average molecular weight is 677 g/mol. The van der Waals surface area contributed by atoms with Gasteiger partial charge in [0.05, 0.1) is 0 Å². The van der Waals surface area contributed by atoms with Gasteiger partial charge in [0, 0.05) is 13.1 Å². The van der Waals surface area contributed by atoms with Gasteiger partial charge in [-0.25, -0.2) is 4.79 Å². The van der Waals surface area contributed by atoms with Crippen LogP contribution in [0.5, 0.6) is 0 Å². The summed E-state index contributed by atoms with van der Waals surface area (Å²) in [6, 6.07) is 0. The molecule has 0 rings (SSSR count). The fourth-order valence-electron chi connectivity index (χ4n) is 6.34. The van der Waals surface area contributed by atoms with E-state index in [0.29, 0.717) is 0 Å². The topological polar surface area (TPSA) is 58.6 Å². The predicted molar refractivity (Wildman–Crippen MR) is 210 cm³/mol. The van der Waals surface area contributed by atoms with Crippen LogP contribution < -0.4 is 5.32 Å². The van der Waals surface area contributed by atoms with E-state index in [-0.39, 0.29) is 12.5 Å². The first kappa shape index (κ1) is 46.5. The third-order valence-corrected chi connectivity index (χ3v) is 9.36. The van der Waals surface area contributed by atoms with Gasteiger partial charge in [-0.3, -0.25) is 4.79 Å². The lowest BCUT2D eigenvalue weighted by molar-refractivity contribution is -0.130. The van der Waals surface area contributed by atoms with Crippen molar-refractivity contribution in [3.05, 3.63) is 12.2 Å². The summed E-state index contributed by atoms with van der Waals surface area (Å²) in [6.45, 7) is 11.7. The Kier molecular flexibility index (Phi) is 34.2. The second-order valence-electron chi connectivity index (χ2n) is 15.5. The molecule has 0 aromatic heterocycles. The van der Waals surface area contributed by atoms with Gasteiger partial charge in [-0.1, -0.05) is 180 Å². The highest BCUT2D eigenvalue weighted by Gasteiger charge is 2.18. The van der Waals surface area contributed by atoms with Gasteiger partial charge in [-0.15, -0.1) is 0 Å². The third kappa shape index (κ3) is 35.8. The summed E-state index contributed by atoms with van der Waals surface area (Å²) in [6.07, 6.45) is 43.8. The molecule has 48 heavy (non-hydrogen) atoms. The standard InChI is InChI=1S/C43H84N2O3/c1-6-8-10-12-14-16-18-20-22-24-26-28-30-32-34-36-38-45(41(46)40-44-42(47)48-43(3,4)5)39-37-35-33-31-29-27-25-23-21-19-17-15-13-11-9-7-2/h20,22H,6-19,21,23-40H2,1-5H3,(H,44,47)/b22-20-. The maximum Gasteiger partial charge on any atom is 0.408 e. The Morgan fingerprint density at radius 3 is 1.15 bits per heavy atom. The molecule has 284 valence electrons. The lowest BCUT2D eigenvalue weighted by Gasteiger charge is -2.24. The molecule has 0 unspecified atom stereocenters. The molecule has 0 aliphatic rings. The molecule has 5 heteroatoms. The molecule has 0 aromatic rings. The Bertz CT molecular complexity index is 730. The highest BCUT2D eigenvalue weighted by Crippen LogP contribution is 2.15. The number of allylic oxidation sites excluding steroid dienone is 2. The minimum atomic E-state index is -0.565. The van der Waals surface area contributed by atoms with E-state index in [0.717, 1.165) is 32.4 Å². The monoisotopic (exact) mass is 677 g/mol. The Labute approximate surface area is 300 Å². The Hall–Kier alpha value is -1.52. The van der Waals surface area contributed by atoms with Crippen LogP contribution in [0, 0.1) is 0 Å². The van der Waals surface area contributed by atoms with Gasteiger partial charge in [0.15, 0.2) is 0 Å². The maximum atomic E-state index is 13.0. The van der Waals surface area contributed by atoms with E-state index in [9.17, 15) is 9.59 Å². The van der Waals surface area contributed by atoms with Crippen molar-refractivity contribution in [2.24, 2.45) is 0 Å². The molecule has 0 heterocycles. The summed E-state index contributed by atoms with van der Waals surface area (Å²) >= 11 is 0. The molecule has 5 nitrogen and oxygen atoms in total. The SMILES string of the molecule is CCCCCCCC/C=C\CCCCCCCCN(CCCCCCCCCCCCCCCCCC)C(=O)CNC(=O)OC(C)(C)C. The number of hydrogen-bond acceptors (Lipinski definition) is 3. The zero-order chi connectivity index (χ0) is 35.4. The zero-order valence-electron chi connectivity index (χ0n) is 33.2. The number of rotatable bonds is 35. The quantitative estimate of drug-likeness (QED) is 0.0537. The van der Waals surface area contributed by atoms with Gasteiger partial charge >= 0.3 is 6.09 Å². The van der Waals surface area contributed by atoms with E-state index in [1.165, 1.54) is 173 Å². The van der Waals surface area contributed by atoms with E-state index in [4.69, 9.17) is 4.74 Å². The van der Waals surface area contributed by atoms with E-state index in [2.05, 4.69) is 31.3 Å². The van der Waals surface area contributed by atoms with E-state index in [1.807, 2.05) is 25.7 Å². The molecule has 2 amide bonds. The number of unbranched alkanes of at least 4 members (excludes halogenated alkanes) is 27. The second kappa shape index (κ2) is 35.3. The number of ether oxygens (including phenoxy) is 1. The van der Waals surface area contributed by atoms with Crippen LogP contribution in [0.4, 0.5) is 4.79 Å². The van der Waals surface area contributed by atoms with Crippen molar-refractivity contribution in [3.63, 3.8) is 0 Å². The van der Waals surface area contributed by atoms with E-state index in [1.54, 1.807) is 0 Å². The zero-order valence-corrected chi connectivity index (χ0v) is 33.2. The highest BCUT2D eigenvalue weighted by atomic mass is 16.6. The minimum absolute atomic E-state index is 0.00886. The number of nitrogens with one attached hydrogen (secondary N) is 1. The molecular formula is C43H84N2O3. The number of nitrogens with zero attached hydrogens (tertiary/aromatic N) is 1. The first-order valence-electron chi connectivity index (χ1n) is 21.2. The predicted octanol–water partition coefficient (Wildman–Crippen LogP) is 13.6. The summed E-state index contributed by atoms with van der Waals surface area (Å²) in [5, 5.41) is 2.67. The molecule has 0 aliphatic carbocycles. The fourth-order valence-corrected chi connectivity index (χ4v) is 6.34. The highest BCUT2D eigenvalue weighted by molar-refractivity contribution is 5.82. The smallest absolute Gasteiger partial charge is 0.408 e. The van der Waals surface area contributed by atoms with Crippen molar-refractivity contribution in [1.82, 2.24) is 10.2 Å².